The van der Waals surface area contributed by atoms with Crippen LogP contribution in [0.1, 0.15) is 12.5 Å². The molecule has 27 heavy (non-hydrogen) atoms. The summed E-state index contributed by atoms with van der Waals surface area (Å²) in [5.41, 5.74) is 1.10. The number of guanidine groups is 1. The molecule has 1 aromatic carbocycles. The van der Waals surface area contributed by atoms with Crippen LogP contribution in [-0.2, 0) is 21.3 Å². The number of ether oxygens (including phenoxy) is 1. The molecule has 1 aromatic rings. The van der Waals surface area contributed by atoms with Crippen molar-refractivity contribution in [3.8, 4) is 0 Å². The van der Waals surface area contributed by atoms with E-state index in [1.165, 1.54) is 4.31 Å². The summed E-state index contributed by atoms with van der Waals surface area (Å²) in [6.45, 7) is 5.30. The van der Waals surface area contributed by atoms with Crippen LogP contribution in [0.3, 0.4) is 0 Å². The van der Waals surface area contributed by atoms with E-state index in [9.17, 15) is 8.42 Å². The van der Waals surface area contributed by atoms with Gasteiger partial charge in [0.05, 0.1) is 25.5 Å². The minimum atomic E-state index is -3.30. The Balaban J connectivity index is 0.00000364. The molecule has 0 atom stereocenters. The molecule has 1 fully saturated rings. The monoisotopic (exact) mass is 530 g/mol. The summed E-state index contributed by atoms with van der Waals surface area (Å²) < 4.78 is 31.4. The molecule has 1 N–H and O–H groups in total. The van der Waals surface area contributed by atoms with Gasteiger partial charge in [-0.2, -0.15) is 4.31 Å². The van der Waals surface area contributed by atoms with Crippen LogP contribution in [0.25, 0.3) is 0 Å². The molecule has 0 spiro atoms. The van der Waals surface area contributed by atoms with E-state index in [0.29, 0.717) is 50.4 Å². The molecule has 1 heterocycles. The minimum absolute atomic E-state index is 0. The fraction of sp³-hybridized carbons (Fsp3) is 0.588. The number of nitrogens with one attached hydrogen (secondary N) is 1. The van der Waals surface area contributed by atoms with Crippen molar-refractivity contribution >= 4 is 51.6 Å². The lowest BCUT2D eigenvalue weighted by Gasteiger charge is -2.26. The van der Waals surface area contributed by atoms with Gasteiger partial charge in [-0.05, 0) is 24.6 Å². The van der Waals surface area contributed by atoms with E-state index in [-0.39, 0.29) is 36.3 Å². The van der Waals surface area contributed by atoms with Crippen molar-refractivity contribution in [2.24, 2.45) is 4.99 Å². The number of benzene rings is 1. The van der Waals surface area contributed by atoms with Gasteiger partial charge in [0.2, 0.25) is 10.0 Å². The smallest absolute Gasteiger partial charge is 0.216 e. The highest BCUT2D eigenvalue weighted by molar-refractivity contribution is 14.0. The van der Waals surface area contributed by atoms with Crippen molar-refractivity contribution in [1.29, 1.82) is 0 Å². The van der Waals surface area contributed by atoms with Crippen molar-refractivity contribution in [3.63, 3.8) is 0 Å². The van der Waals surface area contributed by atoms with Crippen molar-refractivity contribution in [2.45, 2.75) is 13.5 Å². The summed E-state index contributed by atoms with van der Waals surface area (Å²) >= 11 is 5.92. The standard InChI is InChI=1S/C17H27ClN4O3S.HI/c1-3-19-17(21(2)14-15-4-6-16(18)7-5-15)20-8-13-26(23,24)22-9-11-25-12-10-22;/h4-7H,3,8-14H2,1-2H3,(H,19,20);1H. The maximum absolute atomic E-state index is 12.4. The van der Waals surface area contributed by atoms with Gasteiger partial charge in [0, 0.05) is 38.2 Å². The second-order valence-electron chi connectivity index (χ2n) is 6.05. The second-order valence-corrected chi connectivity index (χ2v) is 8.57. The van der Waals surface area contributed by atoms with Gasteiger partial charge in [0.15, 0.2) is 5.96 Å². The van der Waals surface area contributed by atoms with Crippen LogP contribution in [-0.4, -0.2) is 75.8 Å². The molecule has 0 saturated carbocycles. The Morgan fingerprint density at radius 3 is 2.52 bits per heavy atom. The van der Waals surface area contributed by atoms with Crippen LogP contribution >= 0.6 is 35.6 Å². The summed E-state index contributed by atoms with van der Waals surface area (Å²) in [6, 6.07) is 7.63. The third-order valence-electron chi connectivity index (χ3n) is 4.00. The number of morpholine rings is 1. The lowest BCUT2D eigenvalue weighted by atomic mass is 10.2. The van der Waals surface area contributed by atoms with E-state index in [2.05, 4.69) is 10.3 Å². The first-order chi connectivity index (χ1) is 12.4. The SMILES string of the molecule is CCNC(=NCCS(=O)(=O)N1CCOCC1)N(C)Cc1ccc(Cl)cc1.I. The molecule has 10 heteroatoms. The number of hydrogen-bond donors (Lipinski definition) is 1. The zero-order valence-corrected chi connectivity index (χ0v) is 19.6. The number of sulfonamides is 1. The lowest BCUT2D eigenvalue weighted by molar-refractivity contribution is 0.0731. The second kappa shape index (κ2) is 12.1. The summed E-state index contributed by atoms with van der Waals surface area (Å²) in [5.74, 6) is 0.677. The topological polar surface area (TPSA) is 74.2 Å². The van der Waals surface area contributed by atoms with E-state index in [4.69, 9.17) is 16.3 Å². The average molecular weight is 531 g/mol. The van der Waals surface area contributed by atoms with Crippen molar-refractivity contribution in [3.05, 3.63) is 34.9 Å². The van der Waals surface area contributed by atoms with Crippen molar-refractivity contribution in [2.75, 3.05) is 52.2 Å². The van der Waals surface area contributed by atoms with Gasteiger partial charge < -0.3 is 15.0 Å². The number of nitrogens with zero attached hydrogens (tertiary/aromatic N) is 3. The molecule has 0 radical (unpaired) electrons. The molecule has 7 nitrogen and oxygen atoms in total. The van der Waals surface area contributed by atoms with E-state index < -0.39 is 10.0 Å². The van der Waals surface area contributed by atoms with Crippen LogP contribution in [0.4, 0.5) is 0 Å². The highest BCUT2D eigenvalue weighted by Crippen LogP contribution is 2.11. The molecule has 1 saturated heterocycles. The molecular formula is C17H28ClIN4O3S. The Labute approximate surface area is 184 Å². The molecule has 0 aliphatic carbocycles. The summed E-state index contributed by atoms with van der Waals surface area (Å²) in [5, 5.41) is 3.90. The highest BCUT2D eigenvalue weighted by Gasteiger charge is 2.23. The van der Waals surface area contributed by atoms with Crippen LogP contribution in [0.5, 0.6) is 0 Å². The van der Waals surface area contributed by atoms with Gasteiger partial charge in [-0.3, -0.25) is 4.99 Å². The molecule has 0 unspecified atom stereocenters. The third kappa shape index (κ3) is 8.10. The van der Waals surface area contributed by atoms with Gasteiger partial charge in [0.1, 0.15) is 0 Å². The largest absolute Gasteiger partial charge is 0.379 e. The first-order valence-corrected chi connectivity index (χ1v) is 10.7. The Morgan fingerprint density at radius 2 is 1.93 bits per heavy atom. The maximum Gasteiger partial charge on any atom is 0.216 e. The van der Waals surface area contributed by atoms with E-state index >= 15 is 0 Å². The van der Waals surface area contributed by atoms with E-state index in [1.807, 2.05) is 43.1 Å². The molecule has 154 valence electrons. The normalized spacial score (nSPS) is 15.9. The molecule has 0 bridgehead atoms. The predicted octanol–water partition coefficient (Wildman–Crippen LogP) is 2.02. The lowest BCUT2D eigenvalue weighted by Crippen LogP contribution is -2.42. The van der Waals surface area contributed by atoms with Crippen molar-refractivity contribution in [1.82, 2.24) is 14.5 Å². The van der Waals surface area contributed by atoms with Crippen LogP contribution in [0.2, 0.25) is 5.02 Å². The van der Waals surface area contributed by atoms with E-state index in [0.717, 1.165) is 5.56 Å². The van der Waals surface area contributed by atoms with Crippen LogP contribution in [0.15, 0.2) is 29.3 Å². The Morgan fingerprint density at radius 1 is 1.30 bits per heavy atom. The fourth-order valence-electron chi connectivity index (χ4n) is 2.63. The summed E-state index contributed by atoms with van der Waals surface area (Å²) in [6.07, 6.45) is 0. The molecule has 2 rings (SSSR count). The minimum Gasteiger partial charge on any atom is -0.379 e. The molecule has 0 amide bonds. The Bertz CT molecular complexity index is 695. The number of aliphatic imine (C=N–C) groups is 1. The van der Waals surface area contributed by atoms with Crippen LogP contribution in [0, 0.1) is 0 Å². The average Bonchev–Trinajstić information content (AvgIpc) is 2.63. The van der Waals surface area contributed by atoms with Crippen molar-refractivity contribution < 1.29 is 13.2 Å². The van der Waals surface area contributed by atoms with Crippen LogP contribution < -0.4 is 5.32 Å². The van der Waals surface area contributed by atoms with Gasteiger partial charge in [-0.25, -0.2) is 8.42 Å². The zero-order valence-electron chi connectivity index (χ0n) is 15.7. The Hall–Kier alpha value is -0.620. The molecule has 0 aromatic heterocycles. The van der Waals surface area contributed by atoms with Gasteiger partial charge >= 0.3 is 0 Å². The predicted molar refractivity (Wildman–Crippen MR) is 120 cm³/mol. The molecule has 1 aliphatic heterocycles. The Kier molecular flexibility index (Phi) is 10.9. The number of rotatable bonds is 7. The summed E-state index contributed by atoms with van der Waals surface area (Å²) in [7, 11) is -1.37. The zero-order chi connectivity index (χ0) is 19.0. The quantitative estimate of drug-likeness (QED) is 0.332. The van der Waals surface area contributed by atoms with E-state index in [1.54, 1.807) is 0 Å². The maximum atomic E-state index is 12.4. The highest BCUT2D eigenvalue weighted by atomic mass is 127. The first-order valence-electron chi connectivity index (χ1n) is 8.72. The third-order valence-corrected chi connectivity index (χ3v) is 6.11. The summed E-state index contributed by atoms with van der Waals surface area (Å²) in [4.78, 5) is 6.44. The van der Waals surface area contributed by atoms with Gasteiger partial charge in [-0.15, -0.1) is 24.0 Å². The first kappa shape index (κ1) is 24.4. The molecule has 1 aliphatic rings. The van der Waals surface area contributed by atoms with Gasteiger partial charge in [-0.1, -0.05) is 23.7 Å². The molecular weight excluding hydrogens is 503 g/mol. The fourth-order valence-corrected chi connectivity index (χ4v) is 4.04. The van der Waals surface area contributed by atoms with Gasteiger partial charge in [0.25, 0.3) is 0 Å². The number of halogens is 2. The number of hydrogen-bond acceptors (Lipinski definition) is 4.